The van der Waals surface area contributed by atoms with Gasteiger partial charge in [0, 0.05) is 19.1 Å². The number of nitrogens with zero attached hydrogens (tertiary/aromatic N) is 1. The predicted octanol–water partition coefficient (Wildman–Crippen LogP) is 1.86. The average molecular weight is 268 g/mol. The smallest absolute Gasteiger partial charge is 0.238 e. The van der Waals surface area contributed by atoms with Crippen LogP contribution >= 0.6 is 11.8 Å². The predicted molar refractivity (Wildman–Crippen MR) is 75.5 cm³/mol. The van der Waals surface area contributed by atoms with Gasteiger partial charge in [-0.25, -0.2) is 0 Å². The van der Waals surface area contributed by atoms with E-state index in [-0.39, 0.29) is 4.75 Å². The number of carbonyl (C=O) groups excluding carboxylic acids is 1. The fraction of sp³-hybridized carbons (Fsp3) is 0.929. The Bertz CT molecular complexity index is 341. The SMILES string of the molecule is CC1(C(=O)N2CC3CCCC(N)C3C2)CCCS1. The quantitative estimate of drug-likeness (QED) is 0.789. The molecule has 3 aliphatic rings. The summed E-state index contributed by atoms with van der Waals surface area (Å²) in [5, 5.41) is 0. The molecule has 4 unspecified atom stereocenters. The van der Waals surface area contributed by atoms with Crippen molar-refractivity contribution in [1.29, 1.82) is 0 Å². The first-order chi connectivity index (χ1) is 8.60. The van der Waals surface area contributed by atoms with Gasteiger partial charge in [0.2, 0.25) is 5.91 Å². The summed E-state index contributed by atoms with van der Waals surface area (Å²) in [6.07, 6.45) is 5.90. The first kappa shape index (κ1) is 12.8. The van der Waals surface area contributed by atoms with Crippen molar-refractivity contribution in [2.75, 3.05) is 18.8 Å². The number of hydrogen-bond donors (Lipinski definition) is 1. The lowest BCUT2D eigenvalue weighted by atomic mass is 9.78. The highest BCUT2D eigenvalue weighted by Crippen LogP contribution is 2.42. The number of likely N-dealkylation sites (tertiary alicyclic amines) is 1. The summed E-state index contributed by atoms with van der Waals surface area (Å²) >= 11 is 1.85. The lowest BCUT2D eigenvalue weighted by Crippen LogP contribution is -2.43. The fourth-order valence-corrected chi connectivity index (χ4v) is 5.25. The molecule has 2 aliphatic heterocycles. The van der Waals surface area contributed by atoms with Crippen LogP contribution in [-0.4, -0.2) is 40.4 Å². The second-order valence-electron chi connectivity index (χ2n) is 6.41. The van der Waals surface area contributed by atoms with E-state index >= 15 is 0 Å². The van der Waals surface area contributed by atoms with E-state index in [1.807, 2.05) is 11.8 Å². The number of amides is 1. The molecule has 0 aromatic heterocycles. The molecule has 1 aliphatic carbocycles. The molecule has 4 atom stereocenters. The number of hydrogen-bond acceptors (Lipinski definition) is 3. The van der Waals surface area contributed by atoms with Gasteiger partial charge in [0.1, 0.15) is 0 Å². The highest BCUT2D eigenvalue weighted by molar-refractivity contribution is 8.01. The highest BCUT2D eigenvalue weighted by atomic mass is 32.2. The highest BCUT2D eigenvalue weighted by Gasteiger charge is 2.46. The molecule has 3 fully saturated rings. The monoisotopic (exact) mass is 268 g/mol. The third-order valence-corrected chi connectivity index (χ3v) is 6.62. The van der Waals surface area contributed by atoms with E-state index in [0.717, 1.165) is 31.7 Å². The Labute approximate surface area is 114 Å². The zero-order valence-electron chi connectivity index (χ0n) is 11.2. The van der Waals surface area contributed by atoms with Gasteiger partial charge in [-0.05, 0) is 50.2 Å². The largest absolute Gasteiger partial charge is 0.341 e. The van der Waals surface area contributed by atoms with Gasteiger partial charge in [-0.1, -0.05) is 6.42 Å². The van der Waals surface area contributed by atoms with E-state index < -0.39 is 0 Å². The van der Waals surface area contributed by atoms with Crippen LogP contribution in [0.15, 0.2) is 0 Å². The van der Waals surface area contributed by atoms with Crippen LogP contribution in [0.2, 0.25) is 0 Å². The van der Waals surface area contributed by atoms with Crippen LogP contribution in [0.4, 0.5) is 0 Å². The van der Waals surface area contributed by atoms with E-state index in [1.54, 1.807) is 0 Å². The van der Waals surface area contributed by atoms with Crippen molar-refractivity contribution in [1.82, 2.24) is 4.90 Å². The lowest BCUT2D eigenvalue weighted by Gasteiger charge is -2.29. The summed E-state index contributed by atoms with van der Waals surface area (Å²) in [6.45, 7) is 4.02. The molecule has 4 heteroatoms. The molecule has 2 saturated heterocycles. The Kier molecular flexibility index (Phi) is 3.35. The van der Waals surface area contributed by atoms with Crippen molar-refractivity contribution in [2.45, 2.75) is 49.8 Å². The zero-order valence-corrected chi connectivity index (χ0v) is 12.0. The summed E-state index contributed by atoms with van der Waals surface area (Å²) in [5.41, 5.74) is 6.23. The Morgan fingerprint density at radius 2 is 2.17 bits per heavy atom. The average Bonchev–Trinajstić information content (AvgIpc) is 2.96. The molecule has 2 N–H and O–H groups in total. The number of rotatable bonds is 1. The third kappa shape index (κ3) is 2.07. The minimum atomic E-state index is -0.141. The van der Waals surface area contributed by atoms with Crippen molar-refractivity contribution in [3.63, 3.8) is 0 Å². The molecule has 3 rings (SSSR count). The van der Waals surface area contributed by atoms with Gasteiger partial charge in [-0.3, -0.25) is 4.79 Å². The molecule has 1 amide bonds. The summed E-state index contributed by atoms with van der Waals surface area (Å²) in [4.78, 5) is 14.8. The minimum Gasteiger partial charge on any atom is -0.341 e. The van der Waals surface area contributed by atoms with Crippen molar-refractivity contribution >= 4 is 17.7 Å². The molecule has 0 radical (unpaired) electrons. The second-order valence-corrected chi connectivity index (χ2v) is 8.01. The zero-order chi connectivity index (χ0) is 12.8. The number of nitrogens with two attached hydrogens (primary N) is 1. The van der Waals surface area contributed by atoms with E-state index in [0.29, 0.717) is 23.8 Å². The second kappa shape index (κ2) is 4.71. The molecule has 3 nitrogen and oxygen atoms in total. The molecule has 2 heterocycles. The van der Waals surface area contributed by atoms with Gasteiger partial charge in [-0.2, -0.15) is 0 Å². The van der Waals surface area contributed by atoms with Crippen LogP contribution in [0.1, 0.15) is 39.0 Å². The van der Waals surface area contributed by atoms with Gasteiger partial charge in [0.05, 0.1) is 4.75 Å². The molecule has 102 valence electrons. The molecule has 0 bridgehead atoms. The first-order valence-corrected chi connectivity index (χ1v) is 8.28. The Balaban J connectivity index is 1.69. The molecule has 0 spiro atoms. The van der Waals surface area contributed by atoms with Gasteiger partial charge >= 0.3 is 0 Å². The van der Waals surface area contributed by atoms with Gasteiger partial charge in [-0.15, -0.1) is 11.8 Å². The molecule has 0 aromatic carbocycles. The fourth-order valence-electron chi connectivity index (χ4n) is 3.96. The van der Waals surface area contributed by atoms with Crippen molar-refractivity contribution < 1.29 is 4.79 Å². The first-order valence-electron chi connectivity index (χ1n) is 7.29. The Morgan fingerprint density at radius 3 is 2.83 bits per heavy atom. The minimum absolute atomic E-state index is 0.141. The van der Waals surface area contributed by atoms with Crippen LogP contribution in [0, 0.1) is 11.8 Å². The topological polar surface area (TPSA) is 46.3 Å². The molecule has 1 saturated carbocycles. The normalized spacial score (nSPS) is 44.1. The summed E-state index contributed by atoms with van der Waals surface area (Å²) in [7, 11) is 0. The van der Waals surface area contributed by atoms with Crippen LogP contribution in [-0.2, 0) is 4.79 Å². The van der Waals surface area contributed by atoms with E-state index in [1.165, 1.54) is 19.3 Å². The van der Waals surface area contributed by atoms with Crippen molar-refractivity contribution in [3.8, 4) is 0 Å². The summed E-state index contributed by atoms with van der Waals surface area (Å²) < 4.78 is -0.141. The van der Waals surface area contributed by atoms with E-state index in [4.69, 9.17) is 5.73 Å². The number of fused-ring (bicyclic) bond motifs is 1. The van der Waals surface area contributed by atoms with E-state index in [9.17, 15) is 4.79 Å². The third-order valence-electron chi connectivity index (χ3n) is 5.11. The van der Waals surface area contributed by atoms with Crippen LogP contribution in [0.25, 0.3) is 0 Å². The van der Waals surface area contributed by atoms with Gasteiger partial charge < -0.3 is 10.6 Å². The van der Waals surface area contributed by atoms with Crippen LogP contribution in [0.5, 0.6) is 0 Å². The molecular formula is C14H24N2OS. The Hall–Kier alpha value is -0.220. The summed E-state index contributed by atoms with van der Waals surface area (Å²) in [6, 6.07) is 0.325. The summed E-state index contributed by atoms with van der Waals surface area (Å²) in [5.74, 6) is 2.76. The maximum Gasteiger partial charge on any atom is 0.238 e. The van der Waals surface area contributed by atoms with E-state index in [2.05, 4.69) is 11.8 Å². The van der Waals surface area contributed by atoms with Crippen molar-refractivity contribution in [2.24, 2.45) is 17.6 Å². The van der Waals surface area contributed by atoms with Gasteiger partial charge in [0.15, 0.2) is 0 Å². The van der Waals surface area contributed by atoms with Crippen molar-refractivity contribution in [3.05, 3.63) is 0 Å². The molecule has 0 aromatic rings. The lowest BCUT2D eigenvalue weighted by molar-refractivity contribution is -0.132. The Morgan fingerprint density at radius 1 is 1.33 bits per heavy atom. The standard InChI is InChI=1S/C14H24N2OS/c1-14(6-3-7-18-14)13(17)16-8-10-4-2-5-12(15)11(10)9-16/h10-12H,2-9,15H2,1H3. The van der Waals surface area contributed by atoms with Gasteiger partial charge in [0.25, 0.3) is 0 Å². The maximum absolute atomic E-state index is 12.7. The number of carbonyl (C=O) groups is 1. The van der Waals surface area contributed by atoms with Crippen LogP contribution in [0.3, 0.4) is 0 Å². The van der Waals surface area contributed by atoms with Crippen LogP contribution < -0.4 is 5.73 Å². The molecular weight excluding hydrogens is 244 g/mol. The maximum atomic E-state index is 12.7. The number of thioether (sulfide) groups is 1. The molecule has 18 heavy (non-hydrogen) atoms.